The van der Waals surface area contributed by atoms with Gasteiger partial charge in [-0.05, 0) is 19.3 Å². The summed E-state index contributed by atoms with van der Waals surface area (Å²) in [7, 11) is 0. The largest absolute Gasteiger partial charge is 0.390 e. The van der Waals surface area contributed by atoms with Crippen molar-refractivity contribution in [2.75, 3.05) is 0 Å². The van der Waals surface area contributed by atoms with Gasteiger partial charge in [0.2, 0.25) is 0 Å². The molecule has 0 amide bonds. The highest BCUT2D eigenvalue weighted by Gasteiger charge is 2.42. The van der Waals surface area contributed by atoms with Crippen LogP contribution in [-0.2, 0) is 4.74 Å². The van der Waals surface area contributed by atoms with Crippen LogP contribution in [0.4, 0.5) is 0 Å². The first-order valence-electron chi connectivity index (χ1n) is 6.60. The molecule has 2 aliphatic rings. The summed E-state index contributed by atoms with van der Waals surface area (Å²) >= 11 is 0. The molecule has 0 aromatic rings. The number of fused-ring (bicyclic) bond motifs is 2. The molecule has 15 heavy (non-hydrogen) atoms. The van der Waals surface area contributed by atoms with Gasteiger partial charge in [-0.25, -0.2) is 0 Å². The monoisotopic (exact) mass is 212 g/mol. The van der Waals surface area contributed by atoms with Crippen molar-refractivity contribution in [2.45, 2.75) is 82.5 Å². The SMILES string of the molecule is CCCCCCC1(O)CC2CCC(C1)O2. The van der Waals surface area contributed by atoms with Crippen LogP contribution in [-0.4, -0.2) is 22.9 Å². The molecule has 2 fully saturated rings. The van der Waals surface area contributed by atoms with Crippen molar-refractivity contribution in [3.63, 3.8) is 0 Å². The Bertz CT molecular complexity index is 191. The molecule has 1 N–H and O–H groups in total. The Morgan fingerprint density at radius 3 is 2.40 bits per heavy atom. The fraction of sp³-hybridized carbons (Fsp3) is 1.00. The third-order valence-corrected chi connectivity index (χ3v) is 3.91. The molecule has 2 unspecified atom stereocenters. The molecule has 0 aromatic heterocycles. The van der Waals surface area contributed by atoms with Crippen molar-refractivity contribution in [2.24, 2.45) is 0 Å². The molecule has 0 spiro atoms. The number of hydrogen-bond acceptors (Lipinski definition) is 2. The number of unbranched alkanes of at least 4 members (excludes halogenated alkanes) is 3. The molecule has 2 heteroatoms. The summed E-state index contributed by atoms with van der Waals surface area (Å²) in [5, 5.41) is 10.5. The van der Waals surface area contributed by atoms with Crippen molar-refractivity contribution < 1.29 is 9.84 Å². The van der Waals surface area contributed by atoms with Crippen LogP contribution < -0.4 is 0 Å². The number of hydrogen-bond donors (Lipinski definition) is 1. The highest BCUT2D eigenvalue weighted by Crippen LogP contribution is 2.40. The average molecular weight is 212 g/mol. The molecular weight excluding hydrogens is 188 g/mol. The van der Waals surface area contributed by atoms with Gasteiger partial charge in [-0.3, -0.25) is 0 Å². The molecule has 0 saturated carbocycles. The minimum Gasteiger partial charge on any atom is -0.390 e. The Morgan fingerprint density at radius 1 is 1.13 bits per heavy atom. The summed E-state index contributed by atoms with van der Waals surface area (Å²) in [5.41, 5.74) is -0.391. The van der Waals surface area contributed by atoms with Gasteiger partial charge in [0.25, 0.3) is 0 Å². The molecule has 2 nitrogen and oxygen atoms in total. The lowest BCUT2D eigenvalue weighted by atomic mass is 9.85. The highest BCUT2D eigenvalue weighted by molar-refractivity contribution is 4.94. The highest BCUT2D eigenvalue weighted by atomic mass is 16.5. The van der Waals surface area contributed by atoms with Crippen LogP contribution in [0, 0.1) is 0 Å². The zero-order valence-electron chi connectivity index (χ0n) is 9.87. The molecule has 88 valence electrons. The lowest BCUT2D eigenvalue weighted by Gasteiger charge is -2.36. The number of ether oxygens (including phenoxy) is 1. The van der Waals surface area contributed by atoms with Crippen LogP contribution in [0.15, 0.2) is 0 Å². The van der Waals surface area contributed by atoms with E-state index in [-0.39, 0.29) is 0 Å². The number of rotatable bonds is 5. The molecule has 2 bridgehead atoms. The van der Waals surface area contributed by atoms with Crippen LogP contribution >= 0.6 is 0 Å². The molecule has 2 heterocycles. The van der Waals surface area contributed by atoms with E-state index in [2.05, 4.69) is 6.92 Å². The molecular formula is C13H24O2. The van der Waals surface area contributed by atoms with E-state index in [0.29, 0.717) is 12.2 Å². The van der Waals surface area contributed by atoms with Gasteiger partial charge < -0.3 is 9.84 Å². The average Bonchev–Trinajstić information content (AvgIpc) is 2.54. The molecule has 2 rings (SSSR count). The van der Waals surface area contributed by atoms with Gasteiger partial charge in [0.1, 0.15) is 0 Å². The van der Waals surface area contributed by atoms with Crippen LogP contribution in [0.1, 0.15) is 64.7 Å². The predicted octanol–water partition coefficient (Wildman–Crippen LogP) is 3.03. The lowest BCUT2D eigenvalue weighted by Crippen LogP contribution is -2.40. The Morgan fingerprint density at radius 2 is 1.80 bits per heavy atom. The fourth-order valence-electron chi connectivity index (χ4n) is 3.10. The molecule has 2 aliphatic heterocycles. The summed E-state index contributed by atoms with van der Waals surface area (Å²) < 4.78 is 5.76. The Balaban J connectivity index is 1.75. The van der Waals surface area contributed by atoms with Crippen molar-refractivity contribution in [3.8, 4) is 0 Å². The second-order valence-corrected chi connectivity index (χ2v) is 5.40. The van der Waals surface area contributed by atoms with Gasteiger partial charge in [-0.1, -0.05) is 32.6 Å². The van der Waals surface area contributed by atoms with Crippen molar-refractivity contribution in [1.29, 1.82) is 0 Å². The van der Waals surface area contributed by atoms with Crippen molar-refractivity contribution >= 4 is 0 Å². The van der Waals surface area contributed by atoms with Gasteiger partial charge in [-0.15, -0.1) is 0 Å². The molecule has 0 aliphatic carbocycles. The zero-order valence-corrected chi connectivity index (χ0v) is 9.87. The van der Waals surface area contributed by atoms with Crippen LogP contribution in [0.3, 0.4) is 0 Å². The third-order valence-electron chi connectivity index (χ3n) is 3.91. The van der Waals surface area contributed by atoms with Crippen LogP contribution in [0.25, 0.3) is 0 Å². The van der Waals surface area contributed by atoms with E-state index in [9.17, 15) is 5.11 Å². The lowest BCUT2D eigenvalue weighted by molar-refractivity contribution is -0.115. The summed E-state index contributed by atoms with van der Waals surface area (Å²) in [6, 6.07) is 0. The topological polar surface area (TPSA) is 29.5 Å². The maximum atomic E-state index is 10.5. The quantitative estimate of drug-likeness (QED) is 0.710. The van der Waals surface area contributed by atoms with Gasteiger partial charge >= 0.3 is 0 Å². The van der Waals surface area contributed by atoms with E-state index in [0.717, 1.165) is 19.3 Å². The first-order chi connectivity index (χ1) is 7.22. The molecule has 0 aromatic carbocycles. The van der Waals surface area contributed by atoms with Crippen LogP contribution in [0.2, 0.25) is 0 Å². The first-order valence-corrected chi connectivity index (χ1v) is 6.60. The maximum Gasteiger partial charge on any atom is 0.0697 e. The van der Waals surface area contributed by atoms with E-state index in [1.54, 1.807) is 0 Å². The summed E-state index contributed by atoms with van der Waals surface area (Å²) in [4.78, 5) is 0. The maximum absolute atomic E-state index is 10.5. The summed E-state index contributed by atoms with van der Waals surface area (Å²) in [6.45, 7) is 2.23. The smallest absolute Gasteiger partial charge is 0.0697 e. The van der Waals surface area contributed by atoms with Gasteiger partial charge in [0.05, 0.1) is 17.8 Å². The second-order valence-electron chi connectivity index (χ2n) is 5.40. The molecule has 2 saturated heterocycles. The van der Waals surface area contributed by atoms with Gasteiger partial charge in [-0.2, -0.15) is 0 Å². The Hall–Kier alpha value is -0.0800. The minimum absolute atomic E-state index is 0.361. The molecule has 0 radical (unpaired) electrons. The van der Waals surface area contributed by atoms with E-state index in [1.165, 1.54) is 38.5 Å². The Kier molecular flexibility index (Phi) is 3.68. The van der Waals surface area contributed by atoms with Crippen molar-refractivity contribution in [1.82, 2.24) is 0 Å². The van der Waals surface area contributed by atoms with E-state index in [4.69, 9.17) is 4.74 Å². The predicted molar refractivity (Wildman–Crippen MR) is 60.8 cm³/mol. The van der Waals surface area contributed by atoms with E-state index in [1.807, 2.05) is 0 Å². The normalized spacial score (nSPS) is 39.6. The van der Waals surface area contributed by atoms with Gasteiger partial charge in [0.15, 0.2) is 0 Å². The second kappa shape index (κ2) is 4.84. The standard InChI is InChI=1S/C13H24O2/c1-2-3-4-5-8-13(14)9-11-6-7-12(10-13)15-11/h11-12,14H,2-10H2,1H3. The minimum atomic E-state index is -0.391. The summed E-state index contributed by atoms with van der Waals surface area (Å²) in [6.07, 6.45) is 10.9. The van der Waals surface area contributed by atoms with Crippen LogP contribution in [0.5, 0.6) is 0 Å². The summed E-state index contributed by atoms with van der Waals surface area (Å²) in [5.74, 6) is 0. The Labute approximate surface area is 93.0 Å². The van der Waals surface area contributed by atoms with Crippen molar-refractivity contribution in [3.05, 3.63) is 0 Å². The van der Waals surface area contributed by atoms with E-state index < -0.39 is 5.60 Å². The zero-order chi connectivity index (χ0) is 10.7. The number of aliphatic hydroxyl groups is 1. The van der Waals surface area contributed by atoms with Gasteiger partial charge in [0, 0.05) is 12.8 Å². The first kappa shape index (κ1) is 11.4. The fourth-order valence-corrected chi connectivity index (χ4v) is 3.10. The molecule has 2 atom stereocenters. The van der Waals surface area contributed by atoms with E-state index >= 15 is 0 Å². The third kappa shape index (κ3) is 2.94.